The van der Waals surface area contributed by atoms with Gasteiger partial charge in [-0.15, -0.1) is 0 Å². The van der Waals surface area contributed by atoms with Gasteiger partial charge in [0.05, 0.1) is 23.3 Å². The molecule has 3 heteroatoms. The number of rotatable bonds is 6. The van der Waals surface area contributed by atoms with Crippen molar-refractivity contribution in [2.75, 3.05) is 4.90 Å². The first-order valence-electron chi connectivity index (χ1n) is 18.8. The second-order valence-electron chi connectivity index (χ2n) is 14.9. The number of nitrogens with zero attached hydrogens (tertiary/aromatic N) is 3. The molecule has 10 rings (SSSR count). The molecule has 0 spiro atoms. The van der Waals surface area contributed by atoms with Crippen molar-refractivity contribution >= 4 is 44.6 Å². The van der Waals surface area contributed by atoms with Crippen molar-refractivity contribution in [2.24, 2.45) is 0 Å². The van der Waals surface area contributed by atoms with Crippen LogP contribution in [0.1, 0.15) is 25.0 Å². The van der Waals surface area contributed by atoms with Crippen LogP contribution < -0.4 is 4.90 Å². The Hall–Kier alpha value is -7.15. The molecule has 9 aromatic rings. The summed E-state index contributed by atoms with van der Waals surface area (Å²) in [5.41, 5.74) is 17.0. The molecule has 0 radical (unpaired) electrons. The molecule has 0 fully saturated rings. The Morgan fingerprint density at radius 3 is 1.87 bits per heavy atom. The SMILES string of the molecule is [C-]#[N+]c1cccc(N(c2ccc(-c3ccc(-c4ccccc4)cc3)cc2)c2cccc3c2c2ccccc2n3-c2ccc3c(c2)C(C)(C)c2ccccc2-3)c1. The first-order valence-corrected chi connectivity index (χ1v) is 18.8. The Labute approximate surface area is 321 Å². The van der Waals surface area contributed by atoms with Crippen LogP contribution >= 0.6 is 0 Å². The number of hydrogen-bond acceptors (Lipinski definition) is 1. The largest absolute Gasteiger partial charge is 0.311 e. The number of hydrogen-bond donors (Lipinski definition) is 0. The van der Waals surface area contributed by atoms with Crippen LogP contribution in [0.2, 0.25) is 0 Å². The van der Waals surface area contributed by atoms with E-state index in [0.717, 1.165) is 44.7 Å². The first-order chi connectivity index (χ1) is 27.0. The highest BCUT2D eigenvalue weighted by Gasteiger charge is 2.35. The summed E-state index contributed by atoms with van der Waals surface area (Å²) in [7, 11) is 0. The van der Waals surface area contributed by atoms with Gasteiger partial charge < -0.3 is 9.47 Å². The van der Waals surface area contributed by atoms with Crippen molar-refractivity contribution in [3.05, 3.63) is 211 Å². The molecule has 260 valence electrons. The van der Waals surface area contributed by atoms with E-state index in [9.17, 15) is 0 Å². The third-order valence-electron chi connectivity index (χ3n) is 11.4. The van der Waals surface area contributed by atoms with Crippen LogP contribution in [0.15, 0.2) is 188 Å². The van der Waals surface area contributed by atoms with Crippen molar-refractivity contribution < 1.29 is 0 Å². The Morgan fingerprint density at radius 2 is 1.11 bits per heavy atom. The Bertz CT molecular complexity index is 2940. The minimum absolute atomic E-state index is 0.104. The summed E-state index contributed by atoms with van der Waals surface area (Å²) in [6, 6.07) is 67.1. The maximum atomic E-state index is 7.85. The highest BCUT2D eigenvalue weighted by atomic mass is 15.1. The summed E-state index contributed by atoms with van der Waals surface area (Å²) in [5.74, 6) is 0. The Morgan fingerprint density at radius 1 is 0.491 bits per heavy atom. The molecule has 1 aliphatic rings. The topological polar surface area (TPSA) is 12.5 Å². The van der Waals surface area contributed by atoms with Gasteiger partial charge in [-0.3, -0.25) is 0 Å². The van der Waals surface area contributed by atoms with Gasteiger partial charge in [0.25, 0.3) is 0 Å². The lowest BCUT2D eigenvalue weighted by Gasteiger charge is -2.27. The van der Waals surface area contributed by atoms with Crippen LogP contribution in [0.4, 0.5) is 22.7 Å². The van der Waals surface area contributed by atoms with E-state index in [0.29, 0.717) is 5.69 Å². The molecule has 0 aliphatic heterocycles. The molecule has 0 atom stereocenters. The van der Waals surface area contributed by atoms with E-state index in [1.165, 1.54) is 44.3 Å². The second-order valence-corrected chi connectivity index (χ2v) is 14.9. The van der Waals surface area contributed by atoms with Gasteiger partial charge in [-0.05, 0) is 99.1 Å². The summed E-state index contributed by atoms with van der Waals surface area (Å²) in [6.07, 6.45) is 0. The number of aromatic nitrogens is 1. The molecule has 0 amide bonds. The third kappa shape index (κ3) is 5.26. The van der Waals surface area contributed by atoms with Crippen molar-refractivity contribution in [3.63, 3.8) is 0 Å². The van der Waals surface area contributed by atoms with Gasteiger partial charge in [-0.25, -0.2) is 4.85 Å². The lowest BCUT2D eigenvalue weighted by Crippen LogP contribution is -2.15. The number of anilines is 3. The zero-order valence-corrected chi connectivity index (χ0v) is 30.7. The maximum absolute atomic E-state index is 7.85. The van der Waals surface area contributed by atoms with Crippen LogP contribution in [0.25, 0.3) is 65.7 Å². The third-order valence-corrected chi connectivity index (χ3v) is 11.4. The lowest BCUT2D eigenvalue weighted by atomic mass is 9.82. The summed E-state index contributed by atoms with van der Waals surface area (Å²) >= 11 is 0. The zero-order chi connectivity index (χ0) is 37.1. The quantitative estimate of drug-likeness (QED) is 0.157. The summed E-state index contributed by atoms with van der Waals surface area (Å²) in [5, 5.41) is 2.34. The van der Waals surface area contributed by atoms with Crippen LogP contribution in [0.3, 0.4) is 0 Å². The zero-order valence-electron chi connectivity index (χ0n) is 30.7. The average molecular weight is 704 g/mol. The highest BCUT2D eigenvalue weighted by Crippen LogP contribution is 2.50. The minimum atomic E-state index is -0.104. The second kappa shape index (κ2) is 12.8. The van der Waals surface area contributed by atoms with E-state index >= 15 is 0 Å². The molecule has 1 aliphatic carbocycles. The Balaban J connectivity index is 1.13. The molecule has 0 saturated carbocycles. The van der Waals surface area contributed by atoms with Gasteiger partial charge in [0.15, 0.2) is 5.69 Å². The predicted octanol–water partition coefficient (Wildman–Crippen LogP) is 14.4. The molecular formula is C52H37N3. The molecule has 0 bridgehead atoms. The molecule has 1 heterocycles. The molecular weight excluding hydrogens is 667 g/mol. The van der Waals surface area contributed by atoms with Crippen LogP contribution in [0.5, 0.6) is 0 Å². The van der Waals surface area contributed by atoms with E-state index in [-0.39, 0.29) is 5.41 Å². The molecule has 3 nitrogen and oxygen atoms in total. The van der Waals surface area contributed by atoms with E-state index < -0.39 is 0 Å². The van der Waals surface area contributed by atoms with Gasteiger partial charge in [0.1, 0.15) is 0 Å². The number of para-hydroxylation sites is 1. The van der Waals surface area contributed by atoms with Crippen molar-refractivity contribution in [1.29, 1.82) is 0 Å². The lowest BCUT2D eigenvalue weighted by molar-refractivity contribution is 0.660. The van der Waals surface area contributed by atoms with Crippen LogP contribution in [-0.2, 0) is 5.41 Å². The van der Waals surface area contributed by atoms with Gasteiger partial charge in [-0.1, -0.05) is 147 Å². The molecule has 0 unspecified atom stereocenters. The fourth-order valence-corrected chi connectivity index (χ4v) is 8.71. The normalized spacial score (nSPS) is 12.7. The van der Waals surface area contributed by atoms with E-state index in [2.05, 4.69) is 192 Å². The molecule has 0 saturated heterocycles. The minimum Gasteiger partial charge on any atom is -0.311 e. The number of benzene rings is 8. The van der Waals surface area contributed by atoms with Crippen molar-refractivity contribution in [1.82, 2.24) is 4.57 Å². The van der Waals surface area contributed by atoms with Gasteiger partial charge >= 0.3 is 0 Å². The predicted molar refractivity (Wildman–Crippen MR) is 230 cm³/mol. The monoisotopic (exact) mass is 703 g/mol. The van der Waals surface area contributed by atoms with Crippen LogP contribution in [-0.4, -0.2) is 4.57 Å². The van der Waals surface area contributed by atoms with E-state index in [4.69, 9.17) is 6.57 Å². The fraction of sp³-hybridized carbons (Fsp3) is 0.0577. The van der Waals surface area contributed by atoms with E-state index in [1.807, 2.05) is 24.3 Å². The van der Waals surface area contributed by atoms with Crippen molar-refractivity contribution in [3.8, 4) is 39.1 Å². The van der Waals surface area contributed by atoms with Crippen LogP contribution in [0, 0.1) is 6.57 Å². The average Bonchev–Trinajstić information content (AvgIpc) is 3.70. The van der Waals surface area contributed by atoms with Gasteiger partial charge in [-0.2, -0.15) is 0 Å². The summed E-state index contributed by atoms with van der Waals surface area (Å²) in [4.78, 5) is 6.12. The van der Waals surface area contributed by atoms with E-state index in [1.54, 1.807) is 0 Å². The Kier molecular flexibility index (Phi) is 7.54. The summed E-state index contributed by atoms with van der Waals surface area (Å²) < 4.78 is 2.42. The smallest absolute Gasteiger partial charge is 0.189 e. The fourth-order valence-electron chi connectivity index (χ4n) is 8.71. The molecule has 8 aromatic carbocycles. The van der Waals surface area contributed by atoms with Gasteiger partial charge in [0.2, 0.25) is 0 Å². The molecule has 1 aromatic heterocycles. The van der Waals surface area contributed by atoms with Gasteiger partial charge in [0, 0.05) is 33.2 Å². The maximum Gasteiger partial charge on any atom is 0.189 e. The number of fused-ring (bicyclic) bond motifs is 6. The van der Waals surface area contributed by atoms with Crippen molar-refractivity contribution in [2.45, 2.75) is 19.3 Å². The summed E-state index contributed by atoms with van der Waals surface area (Å²) in [6.45, 7) is 12.5. The molecule has 0 N–H and O–H groups in total. The first kappa shape index (κ1) is 32.5. The standard InChI is InChI=1S/C52H37N3/c1-52(2)46-19-9-7-17-43(46)44-32-31-42(34-47(44)52)55-48-20-10-8-18-45(48)51-49(21-12-22-50(51)55)54(41-16-11-15-39(33-41)53-3)40-29-27-38(28-30-40)37-25-23-36(24-26-37)35-13-5-4-6-14-35/h4-34H,1-2H3. The molecule has 55 heavy (non-hydrogen) atoms. The highest BCUT2D eigenvalue weighted by molar-refractivity contribution is 6.16.